The van der Waals surface area contributed by atoms with Crippen LogP contribution in [0.4, 0.5) is 0 Å². The van der Waals surface area contributed by atoms with Crippen LogP contribution in [-0.4, -0.2) is 51.0 Å². The predicted molar refractivity (Wildman–Crippen MR) is 57.4 cm³/mol. The minimum absolute atomic E-state index is 0.168. The lowest BCUT2D eigenvalue weighted by atomic mass is 9.96. The number of hydrogen-bond donors (Lipinski definition) is 2. The van der Waals surface area contributed by atoms with Crippen molar-refractivity contribution in [3.05, 3.63) is 0 Å². The van der Waals surface area contributed by atoms with Gasteiger partial charge in [-0.1, -0.05) is 13.8 Å². The molecule has 5 nitrogen and oxygen atoms in total. The molecule has 5 heteroatoms. The lowest BCUT2D eigenvalue weighted by molar-refractivity contribution is -0.150. The molecule has 0 aromatic rings. The Hall–Kier alpha value is -0.200. The average molecular weight is 221 g/mol. The van der Waals surface area contributed by atoms with E-state index >= 15 is 0 Å². The lowest BCUT2D eigenvalue weighted by Gasteiger charge is -2.34. The van der Waals surface area contributed by atoms with Gasteiger partial charge >= 0.3 is 0 Å². The summed E-state index contributed by atoms with van der Waals surface area (Å²) in [5.74, 6) is 0.247. The summed E-state index contributed by atoms with van der Waals surface area (Å²) in [6, 6.07) is 0. The number of aliphatic hydroxyl groups is 1. The average Bonchev–Trinajstić information content (AvgIpc) is 2.16. The number of methoxy groups -OCH3 is 3. The van der Waals surface area contributed by atoms with E-state index in [-0.39, 0.29) is 18.1 Å². The number of aliphatic hydroxyl groups excluding tert-OH is 1. The van der Waals surface area contributed by atoms with Gasteiger partial charge in [-0.15, -0.1) is 0 Å². The van der Waals surface area contributed by atoms with Crippen molar-refractivity contribution < 1.29 is 19.3 Å². The Balaban J connectivity index is 4.68. The summed E-state index contributed by atoms with van der Waals surface area (Å²) in [5.41, 5.74) is 5.41. The first-order chi connectivity index (χ1) is 6.99. The van der Waals surface area contributed by atoms with E-state index in [1.165, 1.54) is 7.11 Å². The number of ether oxygens (including phenoxy) is 3. The Kier molecular flexibility index (Phi) is 7.04. The summed E-state index contributed by atoms with van der Waals surface area (Å²) >= 11 is 0. The van der Waals surface area contributed by atoms with Crippen LogP contribution in [0.15, 0.2) is 0 Å². The molecule has 0 bridgehead atoms. The third-order valence-electron chi connectivity index (χ3n) is 2.46. The van der Waals surface area contributed by atoms with Crippen LogP contribution >= 0.6 is 0 Å². The van der Waals surface area contributed by atoms with Gasteiger partial charge in [-0.25, -0.2) is 0 Å². The van der Waals surface area contributed by atoms with E-state index in [9.17, 15) is 5.11 Å². The summed E-state index contributed by atoms with van der Waals surface area (Å²) in [4.78, 5) is 0. The molecular weight excluding hydrogens is 198 g/mol. The fraction of sp³-hybridized carbons (Fsp3) is 1.00. The summed E-state index contributed by atoms with van der Waals surface area (Å²) < 4.78 is 15.7. The van der Waals surface area contributed by atoms with Gasteiger partial charge in [0.05, 0.1) is 6.10 Å². The van der Waals surface area contributed by atoms with Gasteiger partial charge in [0.25, 0.3) is 0 Å². The molecule has 0 amide bonds. The van der Waals surface area contributed by atoms with Crippen molar-refractivity contribution in [3.8, 4) is 0 Å². The SMILES string of the molecule is COC(C(OC)[C@@H](N)O)[C@@H](OC)C(C)C. The number of nitrogens with two attached hydrogens (primary N) is 1. The molecule has 4 atom stereocenters. The second-order valence-electron chi connectivity index (χ2n) is 3.84. The minimum atomic E-state index is -1.09. The van der Waals surface area contributed by atoms with Crippen molar-refractivity contribution in [1.29, 1.82) is 0 Å². The van der Waals surface area contributed by atoms with E-state index in [4.69, 9.17) is 19.9 Å². The van der Waals surface area contributed by atoms with E-state index in [0.29, 0.717) is 0 Å². The van der Waals surface area contributed by atoms with Crippen LogP contribution in [0.3, 0.4) is 0 Å². The summed E-state index contributed by atoms with van der Waals surface area (Å²) in [7, 11) is 4.64. The zero-order valence-electron chi connectivity index (χ0n) is 10.1. The number of rotatable bonds is 7. The van der Waals surface area contributed by atoms with Crippen molar-refractivity contribution >= 4 is 0 Å². The highest BCUT2D eigenvalue weighted by Gasteiger charge is 2.35. The predicted octanol–water partition coefficient (Wildman–Crippen LogP) is -0.0355. The van der Waals surface area contributed by atoms with Crippen molar-refractivity contribution in [3.63, 3.8) is 0 Å². The normalized spacial score (nSPS) is 20.0. The van der Waals surface area contributed by atoms with Gasteiger partial charge in [0.2, 0.25) is 0 Å². The van der Waals surface area contributed by atoms with Crippen LogP contribution in [0, 0.1) is 5.92 Å². The highest BCUT2D eigenvalue weighted by atomic mass is 16.6. The van der Waals surface area contributed by atoms with Crippen molar-refractivity contribution in [2.24, 2.45) is 11.7 Å². The first kappa shape index (κ1) is 14.8. The van der Waals surface area contributed by atoms with Gasteiger partial charge < -0.3 is 25.1 Å². The third kappa shape index (κ3) is 4.04. The van der Waals surface area contributed by atoms with Gasteiger partial charge in [0.1, 0.15) is 18.4 Å². The van der Waals surface area contributed by atoms with Gasteiger partial charge in [0, 0.05) is 21.3 Å². The molecule has 92 valence electrons. The monoisotopic (exact) mass is 221 g/mol. The molecule has 0 radical (unpaired) electrons. The lowest BCUT2D eigenvalue weighted by Crippen LogP contribution is -2.52. The molecule has 15 heavy (non-hydrogen) atoms. The fourth-order valence-corrected chi connectivity index (χ4v) is 1.71. The maximum atomic E-state index is 9.36. The molecule has 2 unspecified atom stereocenters. The first-order valence-electron chi connectivity index (χ1n) is 5.01. The Bertz CT molecular complexity index is 148. The van der Waals surface area contributed by atoms with E-state index in [1.54, 1.807) is 14.2 Å². The largest absolute Gasteiger partial charge is 0.378 e. The van der Waals surface area contributed by atoms with Crippen LogP contribution in [-0.2, 0) is 14.2 Å². The van der Waals surface area contributed by atoms with Crippen LogP contribution in [0.1, 0.15) is 13.8 Å². The number of hydrogen-bond acceptors (Lipinski definition) is 5. The van der Waals surface area contributed by atoms with E-state index < -0.39 is 12.3 Å². The maximum Gasteiger partial charge on any atom is 0.131 e. The Morgan fingerprint density at radius 1 is 0.867 bits per heavy atom. The standard InChI is InChI=1S/C10H23NO4/c1-6(2)7(13-3)8(14-4)9(15-5)10(11)12/h6-10,12H,11H2,1-5H3/t7-,8?,9?,10-/m0/s1. The molecule has 0 aromatic heterocycles. The van der Waals surface area contributed by atoms with Crippen LogP contribution < -0.4 is 5.73 Å². The van der Waals surface area contributed by atoms with Gasteiger partial charge in [0.15, 0.2) is 0 Å². The molecule has 0 heterocycles. The Morgan fingerprint density at radius 3 is 1.47 bits per heavy atom. The van der Waals surface area contributed by atoms with E-state index in [1.807, 2.05) is 13.8 Å². The summed E-state index contributed by atoms with van der Waals surface area (Å²) in [6.07, 6.45) is -2.24. The molecule has 0 fully saturated rings. The molecular formula is C10H23NO4. The topological polar surface area (TPSA) is 73.9 Å². The van der Waals surface area contributed by atoms with E-state index in [2.05, 4.69) is 0 Å². The molecule has 0 rings (SSSR count). The van der Waals surface area contributed by atoms with Crippen LogP contribution in [0.2, 0.25) is 0 Å². The van der Waals surface area contributed by atoms with Crippen LogP contribution in [0.5, 0.6) is 0 Å². The Morgan fingerprint density at radius 2 is 1.27 bits per heavy atom. The van der Waals surface area contributed by atoms with Gasteiger partial charge in [-0.3, -0.25) is 0 Å². The molecule has 0 aliphatic carbocycles. The third-order valence-corrected chi connectivity index (χ3v) is 2.46. The summed E-state index contributed by atoms with van der Waals surface area (Å²) in [5, 5.41) is 9.36. The second kappa shape index (κ2) is 7.14. The molecule has 0 aliphatic heterocycles. The smallest absolute Gasteiger partial charge is 0.131 e. The highest BCUT2D eigenvalue weighted by molar-refractivity contribution is 4.83. The molecule has 0 saturated carbocycles. The van der Waals surface area contributed by atoms with Gasteiger partial charge in [-0.05, 0) is 5.92 Å². The minimum Gasteiger partial charge on any atom is -0.378 e. The van der Waals surface area contributed by atoms with Gasteiger partial charge in [-0.2, -0.15) is 0 Å². The van der Waals surface area contributed by atoms with Crippen molar-refractivity contribution in [2.45, 2.75) is 38.4 Å². The molecule has 3 N–H and O–H groups in total. The second-order valence-corrected chi connectivity index (χ2v) is 3.84. The zero-order chi connectivity index (χ0) is 12.0. The fourth-order valence-electron chi connectivity index (χ4n) is 1.71. The molecule has 0 aromatic carbocycles. The highest BCUT2D eigenvalue weighted by Crippen LogP contribution is 2.18. The summed E-state index contributed by atoms with van der Waals surface area (Å²) in [6.45, 7) is 4.02. The first-order valence-corrected chi connectivity index (χ1v) is 5.01. The molecule has 0 saturated heterocycles. The molecule has 0 aliphatic rings. The van der Waals surface area contributed by atoms with Crippen molar-refractivity contribution in [2.75, 3.05) is 21.3 Å². The quantitative estimate of drug-likeness (QED) is 0.590. The van der Waals surface area contributed by atoms with E-state index in [0.717, 1.165) is 0 Å². The van der Waals surface area contributed by atoms with Crippen molar-refractivity contribution in [1.82, 2.24) is 0 Å². The Labute approximate surface area is 91.5 Å². The maximum absolute atomic E-state index is 9.36. The molecule has 0 spiro atoms. The van der Waals surface area contributed by atoms with Crippen LogP contribution in [0.25, 0.3) is 0 Å². The zero-order valence-corrected chi connectivity index (χ0v) is 10.1.